The van der Waals surface area contributed by atoms with Gasteiger partial charge in [0.2, 0.25) is 5.89 Å². The summed E-state index contributed by atoms with van der Waals surface area (Å²) >= 11 is 0. The maximum Gasteiger partial charge on any atom is 0.223 e. The summed E-state index contributed by atoms with van der Waals surface area (Å²) in [5.74, 6) is 1.28. The van der Waals surface area contributed by atoms with Crippen molar-refractivity contribution in [3.05, 3.63) is 34.7 Å². The zero-order valence-electron chi connectivity index (χ0n) is 10.2. The van der Waals surface area contributed by atoms with E-state index in [1.54, 1.807) is 6.92 Å². The Labute approximate surface area is 99.4 Å². The molecule has 0 aliphatic rings. The van der Waals surface area contributed by atoms with Gasteiger partial charge in [0.15, 0.2) is 12.1 Å². The van der Waals surface area contributed by atoms with E-state index in [9.17, 15) is 4.79 Å². The molecule has 5 heteroatoms. The fourth-order valence-electron chi connectivity index (χ4n) is 1.95. The Morgan fingerprint density at radius 3 is 2.71 bits per heavy atom. The van der Waals surface area contributed by atoms with E-state index in [2.05, 4.69) is 14.7 Å². The molecule has 90 valence electrons. The van der Waals surface area contributed by atoms with Crippen molar-refractivity contribution in [2.24, 2.45) is 0 Å². The zero-order chi connectivity index (χ0) is 12.4. The highest BCUT2D eigenvalue weighted by molar-refractivity contribution is 5.77. The number of aryl methyl sites for hydroxylation is 3. The summed E-state index contributed by atoms with van der Waals surface area (Å²) in [4.78, 5) is 15.0. The number of hydrogen-bond acceptors (Lipinski definition) is 4. The minimum atomic E-state index is 0.578. The minimum Gasteiger partial charge on any atom is -0.348 e. The average molecular weight is 233 g/mol. The van der Waals surface area contributed by atoms with Crippen LogP contribution in [0.3, 0.4) is 0 Å². The SMILES string of the molecule is Cc1nc(CCn2c(C)cc(C=O)c2C)no1. The molecule has 17 heavy (non-hydrogen) atoms. The van der Waals surface area contributed by atoms with Crippen molar-refractivity contribution >= 4 is 6.29 Å². The van der Waals surface area contributed by atoms with Gasteiger partial charge < -0.3 is 9.09 Å². The van der Waals surface area contributed by atoms with E-state index >= 15 is 0 Å². The summed E-state index contributed by atoms with van der Waals surface area (Å²) in [6, 6.07) is 1.89. The van der Waals surface area contributed by atoms with Crippen LogP contribution in [0.2, 0.25) is 0 Å². The fraction of sp³-hybridized carbons (Fsp3) is 0.417. The number of carbonyl (C=O) groups excluding carboxylic acids is 1. The molecular weight excluding hydrogens is 218 g/mol. The van der Waals surface area contributed by atoms with E-state index < -0.39 is 0 Å². The first-order valence-corrected chi connectivity index (χ1v) is 5.53. The van der Waals surface area contributed by atoms with E-state index in [0.29, 0.717) is 18.1 Å². The lowest BCUT2D eigenvalue weighted by Gasteiger charge is -2.07. The highest BCUT2D eigenvalue weighted by atomic mass is 16.5. The predicted molar refractivity (Wildman–Crippen MR) is 62.0 cm³/mol. The average Bonchev–Trinajstić information content (AvgIpc) is 2.82. The Balaban J connectivity index is 2.13. The lowest BCUT2D eigenvalue weighted by atomic mass is 10.3. The molecule has 0 saturated carbocycles. The van der Waals surface area contributed by atoms with Crippen molar-refractivity contribution in [1.82, 2.24) is 14.7 Å². The third-order valence-electron chi connectivity index (χ3n) is 2.87. The maximum absolute atomic E-state index is 10.8. The molecule has 2 rings (SSSR count). The van der Waals surface area contributed by atoms with Crippen molar-refractivity contribution in [2.45, 2.75) is 33.7 Å². The van der Waals surface area contributed by atoms with Crippen LogP contribution in [0.15, 0.2) is 10.6 Å². The van der Waals surface area contributed by atoms with Gasteiger partial charge in [0.25, 0.3) is 0 Å². The summed E-state index contributed by atoms with van der Waals surface area (Å²) in [6.07, 6.45) is 1.59. The van der Waals surface area contributed by atoms with E-state index in [1.165, 1.54) is 0 Å². The van der Waals surface area contributed by atoms with Crippen LogP contribution in [0.5, 0.6) is 0 Å². The highest BCUT2D eigenvalue weighted by Crippen LogP contribution is 2.13. The van der Waals surface area contributed by atoms with Gasteiger partial charge >= 0.3 is 0 Å². The van der Waals surface area contributed by atoms with Crippen LogP contribution in [0.25, 0.3) is 0 Å². The summed E-state index contributed by atoms with van der Waals surface area (Å²) in [6.45, 7) is 6.46. The maximum atomic E-state index is 10.8. The molecule has 0 fully saturated rings. The Morgan fingerprint density at radius 2 is 2.18 bits per heavy atom. The molecule has 2 aromatic heterocycles. The molecule has 0 aliphatic heterocycles. The standard InChI is InChI=1S/C12H15N3O2/c1-8-6-11(7-16)9(2)15(8)5-4-12-13-10(3)17-14-12/h6-7H,4-5H2,1-3H3. The largest absolute Gasteiger partial charge is 0.348 e. The molecule has 5 nitrogen and oxygen atoms in total. The van der Waals surface area contributed by atoms with Gasteiger partial charge in [-0.15, -0.1) is 0 Å². The molecule has 0 unspecified atom stereocenters. The van der Waals surface area contributed by atoms with Gasteiger partial charge in [0, 0.05) is 36.8 Å². The number of carbonyl (C=O) groups is 1. The monoisotopic (exact) mass is 233 g/mol. The topological polar surface area (TPSA) is 60.9 Å². The van der Waals surface area contributed by atoms with Crippen molar-refractivity contribution in [1.29, 1.82) is 0 Å². The number of aldehydes is 1. The first-order valence-electron chi connectivity index (χ1n) is 5.53. The van der Waals surface area contributed by atoms with Gasteiger partial charge in [-0.1, -0.05) is 5.16 Å². The number of nitrogens with zero attached hydrogens (tertiary/aromatic N) is 3. The molecular formula is C12H15N3O2. The van der Waals surface area contributed by atoms with Crippen LogP contribution in [-0.2, 0) is 13.0 Å². The molecule has 0 radical (unpaired) electrons. The highest BCUT2D eigenvalue weighted by Gasteiger charge is 2.09. The van der Waals surface area contributed by atoms with Gasteiger partial charge in [-0.3, -0.25) is 4.79 Å². The first-order chi connectivity index (χ1) is 8.11. The fourth-order valence-corrected chi connectivity index (χ4v) is 1.95. The molecule has 0 amide bonds. The smallest absolute Gasteiger partial charge is 0.223 e. The second-order valence-electron chi connectivity index (χ2n) is 4.08. The van der Waals surface area contributed by atoms with Crippen molar-refractivity contribution in [3.8, 4) is 0 Å². The molecule has 2 aromatic rings. The molecule has 2 heterocycles. The van der Waals surface area contributed by atoms with Gasteiger partial charge in [-0.05, 0) is 19.9 Å². The van der Waals surface area contributed by atoms with E-state index in [0.717, 1.165) is 29.8 Å². The number of rotatable bonds is 4. The van der Waals surface area contributed by atoms with Crippen LogP contribution in [0.4, 0.5) is 0 Å². The molecule has 0 spiro atoms. The van der Waals surface area contributed by atoms with Gasteiger partial charge in [0.1, 0.15) is 0 Å². The van der Waals surface area contributed by atoms with Crippen LogP contribution < -0.4 is 0 Å². The van der Waals surface area contributed by atoms with Crippen molar-refractivity contribution in [2.75, 3.05) is 0 Å². The molecule has 0 saturated heterocycles. The second-order valence-corrected chi connectivity index (χ2v) is 4.08. The zero-order valence-corrected chi connectivity index (χ0v) is 10.2. The summed E-state index contributed by atoms with van der Waals surface area (Å²) in [5.41, 5.74) is 2.80. The van der Waals surface area contributed by atoms with E-state index in [4.69, 9.17) is 4.52 Å². The van der Waals surface area contributed by atoms with E-state index in [-0.39, 0.29) is 0 Å². The number of hydrogen-bond donors (Lipinski definition) is 0. The minimum absolute atomic E-state index is 0.578. The summed E-state index contributed by atoms with van der Waals surface area (Å²) < 4.78 is 7.01. The Bertz CT molecular complexity index is 540. The van der Waals surface area contributed by atoms with Crippen LogP contribution in [-0.4, -0.2) is 21.0 Å². The third kappa shape index (κ3) is 2.27. The molecule has 0 aromatic carbocycles. The van der Waals surface area contributed by atoms with E-state index in [1.807, 2.05) is 19.9 Å². The van der Waals surface area contributed by atoms with Crippen molar-refractivity contribution in [3.63, 3.8) is 0 Å². The van der Waals surface area contributed by atoms with Crippen LogP contribution in [0.1, 0.15) is 33.5 Å². The first kappa shape index (κ1) is 11.6. The Morgan fingerprint density at radius 1 is 1.41 bits per heavy atom. The lowest BCUT2D eigenvalue weighted by Crippen LogP contribution is -2.06. The molecule has 0 aliphatic carbocycles. The molecule has 0 N–H and O–H groups in total. The molecule has 0 bridgehead atoms. The van der Waals surface area contributed by atoms with Crippen molar-refractivity contribution < 1.29 is 9.32 Å². The Hall–Kier alpha value is -1.91. The third-order valence-corrected chi connectivity index (χ3v) is 2.87. The summed E-state index contributed by atoms with van der Waals surface area (Å²) in [5, 5.41) is 3.85. The number of aromatic nitrogens is 3. The Kier molecular flexibility index (Phi) is 3.08. The lowest BCUT2D eigenvalue weighted by molar-refractivity contribution is 0.112. The van der Waals surface area contributed by atoms with Gasteiger partial charge in [-0.2, -0.15) is 4.98 Å². The second kappa shape index (κ2) is 4.53. The summed E-state index contributed by atoms with van der Waals surface area (Å²) in [7, 11) is 0. The van der Waals surface area contributed by atoms with Crippen LogP contribution >= 0.6 is 0 Å². The van der Waals surface area contributed by atoms with Gasteiger partial charge in [0.05, 0.1) is 0 Å². The van der Waals surface area contributed by atoms with Gasteiger partial charge in [-0.25, -0.2) is 0 Å². The molecule has 0 atom stereocenters. The quantitative estimate of drug-likeness (QED) is 0.756. The van der Waals surface area contributed by atoms with Crippen LogP contribution in [0, 0.1) is 20.8 Å². The predicted octanol–water partition coefficient (Wildman–Crippen LogP) is 1.85. The normalized spacial score (nSPS) is 10.8.